The molecule has 1 atom stereocenters. The van der Waals surface area contributed by atoms with E-state index in [1.54, 1.807) is 7.11 Å². The molecule has 2 N–H and O–H groups in total. The lowest BCUT2D eigenvalue weighted by Crippen LogP contribution is -2.46. The molecular weight excluding hydrogens is 424 g/mol. The number of nitrogens with zero attached hydrogens (tertiary/aromatic N) is 2. The molecule has 0 saturated carbocycles. The van der Waals surface area contributed by atoms with E-state index in [1.807, 2.05) is 54.9 Å². The molecule has 6 heteroatoms. The van der Waals surface area contributed by atoms with Crippen LogP contribution in [-0.2, 0) is 17.6 Å². The van der Waals surface area contributed by atoms with Crippen molar-refractivity contribution in [2.75, 3.05) is 30.4 Å². The predicted molar refractivity (Wildman–Crippen MR) is 138 cm³/mol. The van der Waals surface area contributed by atoms with Crippen molar-refractivity contribution in [2.24, 2.45) is 0 Å². The summed E-state index contributed by atoms with van der Waals surface area (Å²) in [6.07, 6.45) is 7.35. The minimum absolute atomic E-state index is 0.0230. The highest BCUT2D eigenvalue weighted by Crippen LogP contribution is 2.23. The van der Waals surface area contributed by atoms with Crippen LogP contribution in [0.25, 0.3) is 0 Å². The van der Waals surface area contributed by atoms with Crippen LogP contribution in [-0.4, -0.2) is 43.2 Å². The van der Waals surface area contributed by atoms with E-state index < -0.39 is 0 Å². The monoisotopic (exact) mass is 458 g/mol. The fraction of sp³-hybridized carbons (Fsp3) is 0.357. The molecule has 34 heavy (non-hydrogen) atoms. The van der Waals surface area contributed by atoms with Crippen molar-refractivity contribution in [1.82, 2.24) is 10.3 Å². The molecule has 1 saturated heterocycles. The van der Waals surface area contributed by atoms with Gasteiger partial charge in [-0.1, -0.05) is 18.2 Å². The van der Waals surface area contributed by atoms with Crippen LogP contribution in [0.2, 0.25) is 0 Å². The summed E-state index contributed by atoms with van der Waals surface area (Å²) in [5, 5.41) is 6.78. The fourth-order valence-electron chi connectivity index (χ4n) is 4.53. The third kappa shape index (κ3) is 6.81. The number of aromatic nitrogens is 1. The summed E-state index contributed by atoms with van der Waals surface area (Å²) in [5.74, 6) is 0.768. The highest BCUT2D eigenvalue weighted by atomic mass is 16.5. The number of anilines is 2. The number of methoxy groups -OCH3 is 1. The molecule has 0 radical (unpaired) electrons. The van der Waals surface area contributed by atoms with Gasteiger partial charge in [0.25, 0.3) is 0 Å². The van der Waals surface area contributed by atoms with Gasteiger partial charge in [0.05, 0.1) is 13.5 Å². The Labute approximate surface area is 202 Å². The highest BCUT2D eigenvalue weighted by Gasteiger charge is 2.21. The van der Waals surface area contributed by atoms with Gasteiger partial charge in [0.15, 0.2) is 0 Å². The van der Waals surface area contributed by atoms with Crippen molar-refractivity contribution in [3.8, 4) is 5.75 Å². The molecule has 0 bridgehead atoms. The van der Waals surface area contributed by atoms with Crippen LogP contribution in [0, 0.1) is 0 Å². The van der Waals surface area contributed by atoms with E-state index >= 15 is 0 Å². The summed E-state index contributed by atoms with van der Waals surface area (Å²) in [4.78, 5) is 19.0. The van der Waals surface area contributed by atoms with Crippen LogP contribution in [0.15, 0.2) is 73.1 Å². The van der Waals surface area contributed by atoms with E-state index in [0.717, 1.165) is 49.4 Å². The molecular formula is C28H34N4O2. The maximum atomic E-state index is 12.4. The van der Waals surface area contributed by atoms with Crippen LogP contribution in [0.4, 0.5) is 11.4 Å². The number of rotatable bonds is 9. The van der Waals surface area contributed by atoms with Crippen molar-refractivity contribution >= 4 is 17.3 Å². The van der Waals surface area contributed by atoms with Gasteiger partial charge in [-0.05, 0) is 79.8 Å². The Bertz CT molecular complexity index is 1030. The van der Waals surface area contributed by atoms with E-state index in [9.17, 15) is 4.79 Å². The summed E-state index contributed by atoms with van der Waals surface area (Å²) in [5.41, 5.74) is 4.26. The number of amides is 1. The van der Waals surface area contributed by atoms with Crippen molar-refractivity contribution in [1.29, 1.82) is 0 Å². The molecule has 1 fully saturated rings. The largest absolute Gasteiger partial charge is 0.497 e. The molecule has 6 nitrogen and oxygen atoms in total. The Balaban J connectivity index is 1.21. The molecule has 0 unspecified atom stereocenters. The molecule has 0 aliphatic carbocycles. The van der Waals surface area contributed by atoms with E-state index in [-0.39, 0.29) is 5.91 Å². The number of ether oxygens (including phenoxy) is 1. The molecule has 1 aromatic heterocycles. The first-order chi connectivity index (χ1) is 16.6. The summed E-state index contributed by atoms with van der Waals surface area (Å²) < 4.78 is 5.17. The maximum absolute atomic E-state index is 12.4. The predicted octanol–water partition coefficient (Wildman–Crippen LogP) is 4.46. The van der Waals surface area contributed by atoms with Crippen molar-refractivity contribution < 1.29 is 9.53 Å². The van der Waals surface area contributed by atoms with Crippen LogP contribution in [0.1, 0.15) is 30.9 Å². The smallest absolute Gasteiger partial charge is 0.228 e. The molecule has 1 aliphatic heterocycles. The van der Waals surface area contributed by atoms with Crippen molar-refractivity contribution in [2.45, 2.75) is 44.7 Å². The molecule has 178 valence electrons. The lowest BCUT2D eigenvalue weighted by molar-refractivity contribution is -0.115. The lowest BCUT2D eigenvalue weighted by Gasteiger charge is -2.35. The van der Waals surface area contributed by atoms with E-state index in [2.05, 4.69) is 45.6 Å². The van der Waals surface area contributed by atoms with Gasteiger partial charge in [-0.15, -0.1) is 0 Å². The Morgan fingerprint density at radius 1 is 1.06 bits per heavy atom. The number of carbonyl (C=O) groups excluding carboxylic acids is 1. The molecule has 4 rings (SSSR count). The maximum Gasteiger partial charge on any atom is 0.228 e. The SMILES string of the molecule is COc1ccc(CC(=O)Nc2ccc(N3CCC(N[C@H](C)Cc4cccnc4)CC3)cc2)cc1. The van der Waals surface area contributed by atoms with Gasteiger partial charge in [-0.2, -0.15) is 0 Å². The van der Waals surface area contributed by atoms with Gasteiger partial charge < -0.3 is 20.3 Å². The normalized spacial score (nSPS) is 15.1. The zero-order valence-corrected chi connectivity index (χ0v) is 20.0. The van der Waals surface area contributed by atoms with Gasteiger partial charge >= 0.3 is 0 Å². The second kappa shape index (κ2) is 11.7. The topological polar surface area (TPSA) is 66.5 Å². The van der Waals surface area contributed by atoms with Crippen molar-refractivity contribution in [3.05, 3.63) is 84.2 Å². The quantitative estimate of drug-likeness (QED) is 0.496. The zero-order valence-electron chi connectivity index (χ0n) is 20.0. The van der Waals surface area contributed by atoms with Crippen LogP contribution in [0.3, 0.4) is 0 Å². The number of pyridine rings is 1. The number of piperidine rings is 1. The molecule has 2 heterocycles. The minimum Gasteiger partial charge on any atom is -0.497 e. The highest BCUT2D eigenvalue weighted by molar-refractivity contribution is 5.92. The van der Waals surface area contributed by atoms with Gasteiger partial charge in [-0.25, -0.2) is 0 Å². The fourth-order valence-corrected chi connectivity index (χ4v) is 4.53. The number of carbonyl (C=O) groups is 1. The number of nitrogens with one attached hydrogen (secondary N) is 2. The standard InChI is InChI=1S/C28H34N4O2/c1-21(18-23-4-3-15-29-20-23)30-25-13-16-32(17-14-25)26-9-7-24(8-10-26)31-28(33)19-22-5-11-27(34-2)12-6-22/h3-12,15,20-21,25,30H,13-14,16-19H2,1-2H3,(H,31,33)/t21-/m1/s1. The van der Waals surface area contributed by atoms with Crippen LogP contribution in [0.5, 0.6) is 5.75 Å². The first-order valence-corrected chi connectivity index (χ1v) is 12.0. The van der Waals surface area contributed by atoms with Crippen LogP contribution < -0.4 is 20.3 Å². The van der Waals surface area contributed by atoms with E-state index in [4.69, 9.17) is 4.74 Å². The van der Waals surface area contributed by atoms with Gasteiger partial charge in [-0.3, -0.25) is 9.78 Å². The molecule has 0 spiro atoms. The van der Waals surface area contributed by atoms with Crippen molar-refractivity contribution in [3.63, 3.8) is 0 Å². The third-order valence-corrected chi connectivity index (χ3v) is 6.32. The molecule has 3 aromatic rings. The minimum atomic E-state index is -0.0230. The van der Waals surface area contributed by atoms with Gasteiger partial charge in [0, 0.05) is 48.9 Å². The summed E-state index contributed by atoms with van der Waals surface area (Å²) in [6.45, 7) is 4.31. The third-order valence-electron chi connectivity index (χ3n) is 6.32. The number of benzene rings is 2. The van der Waals surface area contributed by atoms with E-state index in [0.29, 0.717) is 18.5 Å². The average Bonchev–Trinajstić information content (AvgIpc) is 2.86. The first kappa shape index (κ1) is 23.8. The molecule has 1 aliphatic rings. The lowest BCUT2D eigenvalue weighted by atomic mass is 10.0. The zero-order chi connectivity index (χ0) is 23.8. The second-order valence-electron chi connectivity index (χ2n) is 9.01. The number of hydrogen-bond donors (Lipinski definition) is 2. The summed E-state index contributed by atoms with van der Waals surface area (Å²) >= 11 is 0. The molecule has 2 aromatic carbocycles. The van der Waals surface area contributed by atoms with Gasteiger partial charge in [0.1, 0.15) is 5.75 Å². The van der Waals surface area contributed by atoms with Gasteiger partial charge in [0.2, 0.25) is 5.91 Å². The Hall–Kier alpha value is -3.38. The Morgan fingerprint density at radius 2 is 1.79 bits per heavy atom. The second-order valence-corrected chi connectivity index (χ2v) is 9.01. The Morgan fingerprint density at radius 3 is 2.44 bits per heavy atom. The number of hydrogen-bond acceptors (Lipinski definition) is 5. The summed E-state index contributed by atoms with van der Waals surface area (Å²) in [6, 6.07) is 20.9. The summed E-state index contributed by atoms with van der Waals surface area (Å²) in [7, 11) is 1.64. The average molecular weight is 459 g/mol. The molecule has 1 amide bonds. The van der Waals surface area contributed by atoms with Crippen LogP contribution >= 0.6 is 0 Å². The van der Waals surface area contributed by atoms with E-state index in [1.165, 1.54) is 11.3 Å². The Kier molecular flexibility index (Phi) is 8.15. The first-order valence-electron chi connectivity index (χ1n) is 12.0.